The van der Waals surface area contributed by atoms with Gasteiger partial charge in [0.15, 0.2) is 6.10 Å². The molecule has 2 N–H and O–H groups in total. The monoisotopic (exact) mass is 372 g/mol. The van der Waals surface area contributed by atoms with Crippen molar-refractivity contribution in [2.45, 2.75) is 26.5 Å². The van der Waals surface area contributed by atoms with Gasteiger partial charge in [-0.25, -0.2) is 9.59 Å². The third-order valence-corrected chi connectivity index (χ3v) is 4.31. The first kappa shape index (κ1) is 19.4. The molecule has 0 saturated heterocycles. The molecule has 0 aliphatic heterocycles. The quantitative estimate of drug-likeness (QED) is 0.603. The predicted molar refractivity (Wildman–Crippen MR) is 100 cm³/mol. The van der Waals surface area contributed by atoms with E-state index in [1.54, 1.807) is 17.4 Å². The zero-order chi connectivity index (χ0) is 18.9. The Labute approximate surface area is 155 Å². The lowest BCUT2D eigenvalue weighted by Crippen LogP contribution is -2.44. The summed E-state index contributed by atoms with van der Waals surface area (Å²) in [7, 11) is 0. The largest absolute Gasteiger partial charge is 0.449 e. The summed E-state index contributed by atoms with van der Waals surface area (Å²) in [5.74, 6) is -1.34. The Balaban J connectivity index is 1.74. The normalized spacial score (nSPS) is 11.8. The molecular formula is C19H20N2O4S. The maximum Gasteiger partial charge on any atom is 0.331 e. The molecule has 1 atom stereocenters. The Morgan fingerprint density at radius 1 is 1.15 bits per heavy atom. The van der Waals surface area contributed by atoms with Crippen LogP contribution in [0.4, 0.5) is 4.79 Å². The van der Waals surface area contributed by atoms with Crippen LogP contribution >= 0.6 is 11.3 Å². The number of carbonyl (C=O) groups excluding carboxylic acids is 3. The average molecular weight is 372 g/mol. The van der Waals surface area contributed by atoms with Gasteiger partial charge in [-0.15, -0.1) is 11.3 Å². The molecule has 0 aliphatic carbocycles. The van der Waals surface area contributed by atoms with Crippen molar-refractivity contribution >= 4 is 35.3 Å². The molecule has 1 aromatic carbocycles. The highest BCUT2D eigenvalue weighted by Crippen LogP contribution is 2.16. The van der Waals surface area contributed by atoms with Gasteiger partial charge < -0.3 is 10.1 Å². The van der Waals surface area contributed by atoms with Gasteiger partial charge in [-0.1, -0.05) is 30.3 Å². The highest BCUT2D eigenvalue weighted by atomic mass is 32.1. The summed E-state index contributed by atoms with van der Waals surface area (Å²) in [5, 5.41) is 4.71. The van der Waals surface area contributed by atoms with Gasteiger partial charge in [0.2, 0.25) is 0 Å². The number of carbonyl (C=O) groups is 3. The molecule has 0 saturated carbocycles. The third kappa shape index (κ3) is 6.52. The van der Waals surface area contributed by atoms with E-state index in [-0.39, 0.29) is 6.54 Å². The zero-order valence-electron chi connectivity index (χ0n) is 14.5. The molecule has 0 unspecified atom stereocenters. The molecule has 0 radical (unpaired) electrons. The van der Waals surface area contributed by atoms with E-state index in [1.807, 2.05) is 49.4 Å². The molecule has 26 heavy (non-hydrogen) atoms. The zero-order valence-corrected chi connectivity index (χ0v) is 15.3. The Kier molecular flexibility index (Phi) is 7.11. The van der Waals surface area contributed by atoms with Gasteiger partial charge in [0, 0.05) is 22.4 Å². The molecule has 136 valence electrons. The summed E-state index contributed by atoms with van der Waals surface area (Å²) < 4.78 is 4.99. The summed E-state index contributed by atoms with van der Waals surface area (Å²) in [4.78, 5) is 37.4. The van der Waals surface area contributed by atoms with E-state index in [2.05, 4.69) is 10.6 Å². The number of benzene rings is 1. The number of amides is 3. The molecule has 0 fully saturated rings. The Morgan fingerprint density at radius 2 is 1.88 bits per heavy atom. The standard InChI is InChI=1S/C19H20N2O4S/c1-13-8-9-16(26-13)10-11-17(22)25-14(2)18(23)21-19(24)20-12-15-6-4-3-5-7-15/h3-11,14H,12H2,1-2H3,(H2,20,21,23,24)/b11-10+/t14-/m0/s1. The van der Waals surface area contributed by atoms with Gasteiger partial charge >= 0.3 is 12.0 Å². The summed E-state index contributed by atoms with van der Waals surface area (Å²) >= 11 is 1.54. The molecule has 0 aliphatic rings. The lowest BCUT2D eigenvalue weighted by atomic mass is 10.2. The van der Waals surface area contributed by atoms with Crippen molar-refractivity contribution in [2.24, 2.45) is 0 Å². The van der Waals surface area contributed by atoms with E-state index in [9.17, 15) is 14.4 Å². The van der Waals surface area contributed by atoms with Crippen molar-refractivity contribution in [1.82, 2.24) is 10.6 Å². The van der Waals surface area contributed by atoms with Crippen LogP contribution in [0.3, 0.4) is 0 Å². The minimum Gasteiger partial charge on any atom is -0.449 e. The van der Waals surface area contributed by atoms with E-state index in [0.717, 1.165) is 15.3 Å². The maximum atomic E-state index is 11.9. The van der Waals surface area contributed by atoms with Gasteiger partial charge in [0.05, 0.1) is 0 Å². The number of hydrogen-bond acceptors (Lipinski definition) is 5. The summed E-state index contributed by atoms with van der Waals surface area (Å²) in [6, 6.07) is 12.5. The molecule has 3 amide bonds. The number of aryl methyl sites for hydroxylation is 1. The number of esters is 1. The van der Waals surface area contributed by atoms with Crippen LogP contribution in [-0.4, -0.2) is 24.0 Å². The average Bonchev–Trinajstić information content (AvgIpc) is 3.04. The van der Waals surface area contributed by atoms with Crippen LogP contribution in [0.25, 0.3) is 6.08 Å². The molecule has 6 nitrogen and oxygen atoms in total. The first-order valence-corrected chi connectivity index (χ1v) is 8.83. The topological polar surface area (TPSA) is 84.5 Å². The minimum absolute atomic E-state index is 0.289. The summed E-state index contributed by atoms with van der Waals surface area (Å²) in [6.45, 7) is 3.66. The molecule has 1 aromatic heterocycles. The van der Waals surface area contributed by atoms with E-state index < -0.39 is 24.0 Å². The molecule has 1 heterocycles. The molecular weight excluding hydrogens is 352 g/mol. The van der Waals surface area contributed by atoms with Crippen molar-refractivity contribution in [3.05, 3.63) is 63.9 Å². The minimum atomic E-state index is -1.08. The molecule has 7 heteroatoms. The molecule has 0 spiro atoms. The molecule has 2 aromatic rings. The lowest BCUT2D eigenvalue weighted by Gasteiger charge is -2.12. The van der Waals surface area contributed by atoms with Crippen molar-refractivity contribution in [2.75, 3.05) is 0 Å². The van der Waals surface area contributed by atoms with Crippen LogP contribution in [0.1, 0.15) is 22.2 Å². The van der Waals surface area contributed by atoms with E-state index >= 15 is 0 Å². The smallest absolute Gasteiger partial charge is 0.331 e. The van der Waals surface area contributed by atoms with Crippen molar-refractivity contribution in [3.63, 3.8) is 0 Å². The fraction of sp³-hybridized carbons (Fsp3) is 0.211. The number of nitrogens with one attached hydrogen (secondary N) is 2. The highest BCUT2D eigenvalue weighted by molar-refractivity contribution is 7.12. The van der Waals surface area contributed by atoms with Gasteiger partial charge in [0.25, 0.3) is 5.91 Å². The van der Waals surface area contributed by atoms with Crippen LogP contribution in [0.5, 0.6) is 0 Å². The van der Waals surface area contributed by atoms with E-state index in [1.165, 1.54) is 13.0 Å². The van der Waals surface area contributed by atoms with Crippen molar-refractivity contribution < 1.29 is 19.1 Å². The van der Waals surface area contributed by atoms with Gasteiger partial charge in [0.1, 0.15) is 0 Å². The maximum absolute atomic E-state index is 11.9. The van der Waals surface area contributed by atoms with E-state index in [0.29, 0.717) is 0 Å². The van der Waals surface area contributed by atoms with Crippen LogP contribution in [0, 0.1) is 6.92 Å². The summed E-state index contributed by atoms with van der Waals surface area (Å²) in [6.07, 6.45) is 1.79. The van der Waals surface area contributed by atoms with Crippen molar-refractivity contribution in [1.29, 1.82) is 0 Å². The fourth-order valence-corrected chi connectivity index (χ4v) is 2.78. The van der Waals surface area contributed by atoms with Crippen LogP contribution in [0.2, 0.25) is 0 Å². The molecule has 0 bridgehead atoms. The Bertz CT molecular complexity index is 799. The first-order valence-electron chi connectivity index (χ1n) is 8.02. The van der Waals surface area contributed by atoms with Gasteiger partial charge in [-0.2, -0.15) is 0 Å². The van der Waals surface area contributed by atoms with Crippen LogP contribution in [-0.2, 0) is 20.9 Å². The second-order valence-corrected chi connectivity index (χ2v) is 6.84. The number of hydrogen-bond donors (Lipinski definition) is 2. The number of thiophene rings is 1. The van der Waals surface area contributed by atoms with E-state index in [4.69, 9.17) is 4.74 Å². The van der Waals surface area contributed by atoms with Crippen LogP contribution in [0.15, 0.2) is 48.5 Å². The Morgan fingerprint density at radius 3 is 2.54 bits per heavy atom. The number of ether oxygens (including phenoxy) is 1. The number of imide groups is 1. The highest BCUT2D eigenvalue weighted by Gasteiger charge is 2.18. The Hall–Kier alpha value is -2.93. The number of urea groups is 1. The second kappa shape index (κ2) is 9.53. The number of rotatable bonds is 6. The van der Waals surface area contributed by atoms with Gasteiger partial charge in [-0.3, -0.25) is 10.1 Å². The van der Waals surface area contributed by atoms with Crippen molar-refractivity contribution in [3.8, 4) is 0 Å². The van der Waals surface area contributed by atoms with Gasteiger partial charge in [-0.05, 0) is 37.6 Å². The molecule has 2 rings (SSSR count). The van der Waals surface area contributed by atoms with Crippen LogP contribution < -0.4 is 10.6 Å². The fourth-order valence-electron chi connectivity index (χ4n) is 2.00. The first-order chi connectivity index (χ1) is 12.4. The second-order valence-electron chi connectivity index (χ2n) is 5.52. The third-order valence-electron chi connectivity index (χ3n) is 3.34. The summed E-state index contributed by atoms with van der Waals surface area (Å²) in [5.41, 5.74) is 0.906. The predicted octanol–water partition coefficient (Wildman–Crippen LogP) is 3.03. The SMILES string of the molecule is Cc1ccc(/C=C/C(=O)O[C@@H](C)C(=O)NC(=O)NCc2ccccc2)s1. The lowest BCUT2D eigenvalue weighted by molar-refractivity contribution is -0.149.